The summed E-state index contributed by atoms with van der Waals surface area (Å²) in [5.74, 6) is 1.17. The SMILES string of the molecule is CC1COCCN1c1cc(-c2ccccc2C(N)=O)c2c(N)nn(-c3ccn[nH]3)c2n1. The van der Waals surface area contributed by atoms with Crippen LogP contribution in [0.5, 0.6) is 0 Å². The van der Waals surface area contributed by atoms with Crippen molar-refractivity contribution in [3.8, 4) is 16.9 Å². The van der Waals surface area contributed by atoms with Crippen molar-refractivity contribution in [2.45, 2.75) is 13.0 Å². The van der Waals surface area contributed by atoms with E-state index in [4.69, 9.17) is 21.2 Å². The van der Waals surface area contributed by atoms with Gasteiger partial charge in [0.05, 0.1) is 30.8 Å². The minimum atomic E-state index is -0.513. The van der Waals surface area contributed by atoms with Crippen LogP contribution in [-0.4, -0.2) is 56.7 Å². The lowest BCUT2D eigenvalue weighted by atomic mass is 9.97. The van der Waals surface area contributed by atoms with Crippen LogP contribution in [0.25, 0.3) is 28.0 Å². The molecule has 5 N–H and O–H groups in total. The molecule has 4 aromatic rings. The molecule has 0 radical (unpaired) electrons. The van der Waals surface area contributed by atoms with Crippen molar-refractivity contribution in [1.82, 2.24) is 25.0 Å². The number of aromatic amines is 1. The molecule has 0 aliphatic carbocycles. The molecule has 0 saturated carbocycles. The van der Waals surface area contributed by atoms with Crippen LogP contribution in [0.1, 0.15) is 17.3 Å². The first kappa shape index (κ1) is 19.1. The molecular weight excluding hydrogens is 396 g/mol. The number of carbonyl (C=O) groups is 1. The number of aromatic nitrogens is 5. The highest BCUT2D eigenvalue weighted by molar-refractivity contribution is 6.08. The fraction of sp³-hybridized carbons (Fsp3) is 0.238. The number of carbonyl (C=O) groups excluding carboxylic acids is 1. The third kappa shape index (κ3) is 3.17. The summed E-state index contributed by atoms with van der Waals surface area (Å²) in [7, 11) is 0. The number of hydrogen-bond acceptors (Lipinski definition) is 7. The molecule has 3 aromatic heterocycles. The molecule has 1 aliphatic rings. The molecule has 1 atom stereocenters. The number of anilines is 2. The van der Waals surface area contributed by atoms with Gasteiger partial charge in [-0.2, -0.15) is 9.78 Å². The van der Waals surface area contributed by atoms with Gasteiger partial charge in [0.15, 0.2) is 17.3 Å². The maximum absolute atomic E-state index is 12.2. The number of hydrogen-bond donors (Lipinski definition) is 3. The third-order valence-electron chi connectivity index (χ3n) is 5.51. The summed E-state index contributed by atoms with van der Waals surface area (Å²) in [4.78, 5) is 19.3. The molecule has 1 aromatic carbocycles. The number of rotatable bonds is 4. The Morgan fingerprint density at radius 3 is 2.84 bits per heavy atom. The van der Waals surface area contributed by atoms with E-state index in [1.807, 2.05) is 18.2 Å². The topological polar surface area (TPSA) is 141 Å². The fourth-order valence-corrected chi connectivity index (χ4v) is 4.02. The zero-order valence-electron chi connectivity index (χ0n) is 16.9. The molecule has 5 rings (SSSR count). The summed E-state index contributed by atoms with van der Waals surface area (Å²) in [6, 6.07) is 11.1. The average molecular weight is 418 g/mol. The maximum Gasteiger partial charge on any atom is 0.249 e. The van der Waals surface area contributed by atoms with Gasteiger partial charge in [-0.25, -0.2) is 4.98 Å². The van der Waals surface area contributed by atoms with Gasteiger partial charge < -0.3 is 21.1 Å². The Bertz CT molecular complexity index is 1260. The van der Waals surface area contributed by atoms with Crippen molar-refractivity contribution in [3.63, 3.8) is 0 Å². The van der Waals surface area contributed by atoms with Gasteiger partial charge in [0.2, 0.25) is 5.91 Å². The van der Waals surface area contributed by atoms with Gasteiger partial charge in [-0.15, -0.1) is 5.10 Å². The van der Waals surface area contributed by atoms with E-state index < -0.39 is 5.91 Å². The second-order valence-electron chi connectivity index (χ2n) is 7.49. The Balaban J connectivity index is 1.83. The first-order chi connectivity index (χ1) is 15.0. The number of nitrogens with two attached hydrogens (primary N) is 2. The maximum atomic E-state index is 12.2. The molecule has 1 fully saturated rings. The van der Waals surface area contributed by atoms with Crippen molar-refractivity contribution >= 4 is 28.6 Å². The minimum Gasteiger partial charge on any atom is -0.382 e. The molecule has 1 aliphatic heterocycles. The molecule has 10 heteroatoms. The Hall–Kier alpha value is -3.92. The van der Waals surface area contributed by atoms with Gasteiger partial charge in [-0.05, 0) is 24.6 Å². The van der Waals surface area contributed by atoms with E-state index in [1.165, 1.54) is 0 Å². The molecule has 31 heavy (non-hydrogen) atoms. The lowest BCUT2D eigenvalue weighted by molar-refractivity contribution is 0.0985. The zero-order chi connectivity index (χ0) is 21.5. The quantitative estimate of drug-likeness (QED) is 0.458. The molecule has 0 bridgehead atoms. The number of nitrogen functional groups attached to an aromatic ring is 1. The molecule has 158 valence electrons. The van der Waals surface area contributed by atoms with E-state index >= 15 is 0 Å². The number of morpholine rings is 1. The zero-order valence-corrected chi connectivity index (χ0v) is 16.9. The Labute approximate surface area is 177 Å². The summed E-state index contributed by atoms with van der Waals surface area (Å²) in [5.41, 5.74) is 14.4. The van der Waals surface area contributed by atoms with Gasteiger partial charge >= 0.3 is 0 Å². The summed E-state index contributed by atoms with van der Waals surface area (Å²) in [5, 5.41) is 12.1. The average Bonchev–Trinajstić information content (AvgIpc) is 3.42. The van der Waals surface area contributed by atoms with Crippen LogP contribution in [-0.2, 0) is 4.74 Å². The summed E-state index contributed by atoms with van der Waals surface area (Å²) in [6.45, 7) is 4.00. The van der Waals surface area contributed by atoms with Crippen LogP contribution in [0.2, 0.25) is 0 Å². The molecule has 1 saturated heterocycles. The lowest BCUT2D eigenvalue weighted by Gasteiger charge is -2.34. The standard InChI is InChI=1S/C21H22N8O2/c1-12-11-31-9-8-28(12)17-10-15(13-4-2-3-5-14(13)20(23)30)18-19(22)27-29(21(18)25-17)16-6-7-24-26-16/h2-7,10,12H,8-9,11H2,1H3,(H2,22,27)(H2,23,30)(H,24,26). The first-order valence-electron chi connectivity index (χ1n) is 9.97. The Kier molecular flexibility index (Phi) is 4.55. The monoisotopic (exact) mass is 418 g/mol. The number of nitrogens with zero attached hydrogens (tertiary/aromatic N) is 5. The smallest absolute Gasteiger partial charge is 0.249 e. The van der Waals surface area contributed by atoms with E-state index in [1.54, 1.807) is 29.1 Å². The normalized spacial score (nSPS) is 16.7. The number of primary amides is 1. The Morgan fingerprint density at radius 2 is 2.10 bits per heavy atom. The van der Waals surface area contributed by atoms with Gasteiger partial charge in [-0.3, -0.25) is 9.89 Å². The Morgan fingerprint density at radius 1 is 1.26 bits per heavy atom. The van der Waals surface area contributed by atoms with Crippen molar-refractivity contribution in [2.24, 2.45) is 5.73 Å². The summed E-state index contributed by atoms with van der Waals surface area (Å²) < 4.78 is 7.22. The third-order valence-corrected chi connectivity index (χ3v) is 5.51. The highest BCUT2D eigenvalue weighted by Crippen LogP contribution is 2.37. The number of amides is 1. The van der Waals surface area contributed by atoms with E-state index in [2.05, 4.69) is 27.1 Å². The van der Waals surface area contributed by atoms with E-state index in [0.29, 0.717) is 53.6 Å². The highest BCUT2D eigenvalue weighted by Gasteiger charge is 2.25. The van der Waals surface area contributed by atoms with Crippen LogP contribution in [0.3, 0.4) is 0 Å². The van der Waals surface area contributed by atoms with Gasteiger partial charge in [0.25, 0.3) is 0 Å². The largest absolute Gasteiger partial charge is 0.382 e. The van der Waals surface area contributed by atoms with Crippen LogP contribution in [0, 0.1) is 0 Å². The van der Waals surface area contributed by atoms with Gasteiger partial charge in [-0.1, -0.05) is 18.2 Å². The number of nitrogens with one attached hydrogen (secondary N) is 1. The minimum absolute atomic E-state index is 0.138. The number of fused-ring (bicyclic) bond motifs is 1. The highest BCUT2D eigenvalue weighted by atomic mass is 16.5. The van der Waals surface area contributed by atoms with Crippen LogP contribution >= 0.6 is 0 Å². The molecule has 4 heterocycles. The lowest BCUT2D eigenvalue weighted by Crippen LogP contribution is -2.44. The van der Waals surface area contributed by atoms with E-state index in [9.17, 15) is 4.79 Å². The predicted molar refractivity (Wildman–Crippen MR) is 117 cm³/mol. The number of ether oxygens (including phenoxy) is 1. The van der Waals surface area contributed by atoms with Gasteiger partial charge in [0, 0.05) is 23.7 Å². The second kappa shape index (κ2) is 7.40. The van der Waals surface area contributed by atoms with Crippen molar-refractivity contribution < 1.29 is 9.53 Å². The van der Waals surface area contributed by atoms with E-state index in [0.717, 1.165) is 11.4 Å². The van der Waals surface area contributed by atoms with Crippen molar-refractivity contribution in [1.29, 1.82) is 0 Å². The second-order valence-corrected chi connectivity index (χ2v) is 7.49. The first-order valence-corrected chi connectivity index (χ1v) is 9.97. The molecular formula is C21H22N8O2. The van der Waals surface area contributed by atoms with Crippen LogP contribution in [0.15, 0.2) is 42.6 Å². The number of pyridine rings is 1. The van der Waals surface area contributed by atoms with E-state index in [-0.39, 0.29) is 6.04 Å². The summed E-state index contributed by atoms with van der Waals surface area (Å²) >= 11 is 0. The fourth-order valence-electron chi connectivity index (χ4n) is 4.02. The molecule has 1 unspecified atom stereocenters. The summed E-state index contributed by atoms with van der Waals surface area (Å²) in [6.07, 6.45) is 1.64. The van der Waals surface area contributed by atoms with Crippen LogP contribution < -0.4 is 16.4 Å². The van der Waals surface area contributed by atoms with Crippen molar-refractivity contribution in [2.75, 3.05) is 30.4 Å². The van der Waals surface area contributed by atoms with Crippen molar-refractivity contribution in [3.05, 3.63) is 48.2 Å². The van der Waals surface area contributed by atoms with Gasteiger partial charge in [0.1, 0.15) is 5.82 Å². The molecule has 10 nitrogen and oxygen atoms in total. The number of benzene rings is 1. The number of H-pyrrole nitrogens is 1. The molecule has 1 amide bonds. The predicted octanol–water partition coefficient (Wildman–Crippen LogP) is 1.72. The molecule has 0 spiro atoms. The van der Waals surface area contributed by atoms with Crippen LogP contribution in [0.4, 0.5) is 11.6 Å².